The minimum Gasteiger partial charge on any atom is -0.367 e. The van der Waals surface area contributed by atoms with E-state index in [0.29, 0.717) is 0 Å². The third-order valence-corrected chi connectivity index (χ3v) is 5.29. The Labute approximate surface area is 146 Å². The molecule has 0 saturated carbocycles. The fourth-order valence-electron chi connectivity index (χ4n) is 3.22. The molecular formula is C18H21N5S. The van der Waals surface area contributed by atoms with Crippen LogP contribution in [0.4, 0.5) is 5.69 Å². The molecule has 3 heterocycles. The molecule has 5 nitrogen and oxygen atoms in total. The van der Waals surface area contributed by atoms with Crippen molar-refractivity contribution in [3.8, 4) is 0 Å². The molecule has 1 fully saturated rings. The Balaban J connectivity index is 1.41. The summed E-state index contributed by atoms with van der Waals surface area (Å²) in [6.45, 7) is 5.02. The molecule has 6 heteroatoms. The Kier molecular flexibility index (Phi) is 4.40. The van der Waals surface area contributed by atoms with Crippen LogP contribution >= 0.6 is 11.8 Å². The van der Waals surface area contributed by atoms with E-state index in [0.717, 1.165) is 49.6 Å². The molecule has 1 aliphatic rings. The Morgan fingerprint density at radius 3 is 2.75 bits per heavy atom. The van der Waals surface area contributed by atoms with Gasteiger partial charge in [0.15, 0.2) is 0 Å². The number of anilines is 1. The highest BCUT2D eigenvalue weighted by molar-refractivity contribution is 7.98. The van der Waals surface area contributed by atoms with Crippen LogP contribution in [0.2, 0.25) is 0 Å². The highest BCUT2D eigenvalue weighted by Crippen LogP contribution is 2.28. The van der Waals surface area contributed by atoms with Crippen LogP contribution in [0.5, 0.6) is 0 Å². The van der Waals surface area contributed by atoms with Crippen LogP contribution in [0, 0.1) is 0 Å². The van der Waals surface area contributed by atoms with E-state index in [-0.39, 0.29) is 0 Å². The molecule has 1 N–H and O–H groups in total. The Morgan fingerprint density at radius 2 is 1.96 bits per heavy atom. The zero-order valence-electron chi connectivity index (χ0n) is 13.8. The number of para-hydroxylation sites is 2. The number of imidazole rings is 1. The molecule has 0 amide bonds. The minimum atomic E-state index is 0.880. The summed E-state index contributed by atoms with van der Waals surface area (Å²) in [5, 5.41) is 0. The van der Waals surface area contributed by atoms with Crippen molar-refractivity contribution in [3.63, 3.8) is 0 Å². The van der Waals surface area contributed by atoms with Gasteiger partial charge in [0.2, 0.25) is 0 Å². The molecule has 124 valence electrons. The number of piperazine rings is 1. The van der Waals surface area contributed by atoms with Crippen molar-refractivity contribution < 1.29 is 0 Å². The molecule has 1 saturated heterocycles. The van der Waals surface area contributed by atoms with E-state index < -0.39 is 0 Å². The zero-order chi connectivity index (χ0) is 16.4. The molecule has 0 unspecified atom stereocenters. The first-order valence-electron chi connectivity index (χ1n) is 8.22. The number of hydrogen-bond donors (Lipinski definition) is 1. The Hall–Kier alpha value is -2.05. The maximum atomic E-state index is 4.69. The third kappa shape index (κ3) is 3.12. The van der Waals surface area contributed by atoms with Crippen LogP contribution in [-0.4, -0.2) is 52.3 Å². The van der Waals surface area contributed by atoms with Crippen molar-refractivity contribution in [1.82, 2.24) is 19.9 Å². The quantitative estimate of drug-likeness (QED) is 0.741. The van der Waals surface area contributed by atoms with Gasteiger partial charge in [0.1, 0.15) is 5.82 Å². The van der Waals surface area contributed by atoms with Gasteiger partial charge in [0.25, 0.3) is 0 Å². The molecule has 24 heavy (non-hydrogen) atoms. The number of rotatable bonds is 4. The average Bonchev–Trinajstić information content (AvgIpc) is 3.04. The number of pyridine rings is 1. The SMILES string of the molecule is CSc1ccncc1N1CCN(Cc2nc3ccccc3[nH]2)CC1. The summed E-state index contributed by atoms with van der Waals surface area (Å²) in [7, 11) is 0. The molecule has 0 atom stereocenters. The highest BCUT2D eigenvalue weighted by atomic mass is 32.2. The molecule has 0 bridgehead atoms. The summed E-state index contributed by atoms with van der Waals surface area (Å²) in [5.74, 6) is 1.05. The smallest absolute Gasteiger partial charge is 0.121 e. The summed E-state index contributed by atoms with van der Waals surface area (Å²) in [6.07, 6.45) is 5.98. The summed E-state index contributed by atoms with van der Waals surface area (Å²) in [6, 6.07) is 10.3. The number of benzene rings is 1. The van der Waals surface area contributed by atoms with Crippen LogP contribution in [-0.2, 0) is 6.54 Å². The van der Waals surface area contributed by atoms with Crippen molar-refractivity contribution in [2.24, 2.45) is 0 Å². The lowest BCUT2D eigenvalue weighted by molar-refractivity contribution is 0.244. The fourth-order valence-corrected chi connectivity index (χ4v) is 3.81. The third-order valence-electron chi connectivity index (χ3n) is 4.51. The van der Waals surface area contributed by atoms with E-state index in [1.165, 1.54) is 10.6 Å². The molecule has 0 aliphatic carbocycles. The Morgan fingerprint density at radius 1 is 1.12 bits per heavy atom. The van der Waals surface area contributed by atoms with Gasteiger partial charge in [-0.05, 0) is 24.5 Å². The van der Waals surface area contributed by atoms with E-state index in [4.69, 9.17) is 0 Å². The predicted molar refractivity (Wildman–Crippen MR) is 99.6 cm³/mol. The number of fused-ring (bicyclic) bond motifs is 1. The first-order chi connectivity index (χ1) is 11.8. The normalized spacial score (nSPS) is 16.0. The van der Waals surface area contributed by atoms with Crippen LogP contribution in [0.15, 0.2) is 47.6 Å². The lowest BCUT2D eigenvalue weighted by Crippen LogP contribution is -2.46. The van der Waals surface area contributed by atoms with Crippen molar-refractivity contribution >= 4 is 28.5 Å². The van der Waals surface area contributed by atoms with Crippen LogP contribution in [0.1, 0.15) is 5.82 Å². The van der Waals surface area contributed by atoms with Gasteiger partial charge >= 0.3 is 0 Å². The summed E-state index contributed by atoms with van der Waals surface area (Å²) < 4.78 is 0. The second-order valence-corrected chi connectivity index (χ2v) is 6.86. The zero-order valence-corrected chi connectivity index (χ0v) is 14.6. The molecule has 4 rings (SSSR count). The maximum absolute atomic E-state index is 4.69. The van der Waals surface area contributed by atoms with Gasteiger partial charge in [-0.15, -0.1) is 11.8 Å². The predicted octanol–water partition coefficient (Wildman–Crippen LogP) is 3.00. The van der Waals surface area contributed by atoms with Crippen molar-refractivity contribution in [1.29, 1.82) is 0 Å². The standard InChI is InChI=1S/C18H21N5S/c1-24-17-6-7-19-12-16(17)23-10-8-22(9-11-23)13-18-20-14-4-2-3-5-15(14)21-18/h2-7,12H,8-11,13H2,1H3,(H,20,21). The van der Waals surface area contributed by atoms with Crippen LogP contribution in [0.25, 0.3) is 11.0 Å². The van der Waals surface area contributed by atoms with E-state index in [1.807, 2.05) is 24.5 Å². The van der Waals surface area contributed by atoms with Crippen molar-refractivity contribution in [2.75, 3.05) is 37.3 Å². The maximum Gasteiger partial charge on any atom is 0.121 e. The molecule has 1 aliphatic heterocycles. The number of aromatic amines is 1. The highest BCUT2D eigenvalue weighted by Gasteiger charge is 2.20. The van der Waals surface area contributed by atoms with Gasteiger partial charge in [0.05, 0.1) is 29.5 Å². The van der Waals surface area contributed by atoms with Gasteiger partial charge in [-0.3, -0.25) is 9.88 Å². The number of nitrogens with zero attached hydrogens (tertiary/aromatic N) is 4. The van der Waals surface area contributed by atoms with E-state index in [1.54, 1.807) is 11.8 Å². The topological polar surface area (TPSA) is 48.1 Å². The molecular weight excluding hydrogens is 318 g/mol. The number of H-pyrrole nitrogens is 1. The summed E-state index contributed by atoms with van der Waals surface area (Å²) in [5.41, 5.74) is 3.42. The monoisotopic (exact) mass is 339 g/mol. The second kappa shape index (κ2) is 6.83. The lowest BCUT2D eigenvalue weighted by Gasteiger charge is -2.36. The van der Waals surface area contributed by atoms with Crippen molar-refractivity contribution in [2.45, 2.75) is 11.4 Å². The molecule has 3 aromatic rings. The number of nitrogens with one attached hydrogen (secondary N) is 1. The average molecular weight is 339 g/mol. The molecule has 2 aromatic heterocycles. The molecule has 1 aromatic carbocycles. The largest absolute Gasteiger partial charge is 0.367 e. The van der Waals surface area contributed by atoms with E-state index >= 15 is 0 Å². The second-order valence-electron chi connectivity index (χ2n) is 6.01. The van der Waals surface area contributed by atoms with E-state index in [9.17, 15) is 0 Å². The lowest BCUT2D eigenvalue weighted by atomic mass is 10.2. The van der Waals surface area contributed by atoms with Gasteiger partial charge in [0, 0.05) is 37.3 Å². The summed E-state index contributed by atoms with van der Waals surface area (Å²) in [4.78, 5) is 18.6. The first kappa shape index (κ1) is 15.5. The number of hydrogen-bond acceptors (Lipinski definition) is 5. The number of aromatic nitrogens is 3. The first-order valence-corrected chi connectivity index (χ1v) is 9.45. The molecule has 0 spiro atoms. The summed E-state index contributed by atoms with van der Waals surface area (Å²) >= 11 is 1.78. The van der Waals surface area contributed by atoms with Gasteiger partial charge in [-0.2, -0.15) is 0 Å². The van der Waals surface area contributed by atoms with Gasteiger partial charge < -0.3 is 9.88 Å². The molecule has 0 radical (unpaired) electrons. The number of thioether (sulfide) groups is 1. The van der Waals surface area contributed by atoms with Crippen LogP contribution < -0.4 is 4.90 Å². The Bertz CT molecular complexity index is 790. The van der Waals surface area contributed by atoms with Crippen LogP contribution in [0.3, 0.4) is 0 Å². The minimum absolute atomic E-state index is 0.880. The van der Waals surface area contributed by atoms with Crippen molar-refractivity contribution in [3.05, 3.63) is 48.5 Å². The van der Waals surface area contributed by atoms with Gasteiger partial charge in [-0.1, -0.05) is 12.1 Å². The van der Waals surface area contributed by atoms with Gasteiger partial charge in [-0.25, -0.2) is 4.98 Å². The fraction of sp³-hybridized carbons (Fsp3) is 0.333. The van der Waals surface area contributed by atoms with E-state index in [2.05, 4.69) is 49.2 Å².